The fourth-order valence-electron chi connectivity index (χ4n) is 1.53. The first-order valence-corrected chi connectivity index (χ1v) is 4.27. The van der Waals surface area contributed by atoms with Crippen molar-refractivity contribution < 1.29 is 0 Å². The molecule has 10 heavy (non-hydrogen) atoms. The van der Waals surface area contributed by atoms with Gasteiger partial charge in [0.25, 0.3) is 0 Å². The zero-order valence-electron chi connectivity index (χ0n) is 7.35. The van der Waals surface area contributed by atoms with Gasteiger partial charge in [0.2, 0.25) is 0 Å². The van der Waals surface area contributed by atoms with Crippen LogP contribution in [0.25, 0.3) is 0 Å². The van der Waals surface area contributed by atoms with Crippen LogP contribution in [0.4, 0.5) is 0 Å². The fraction of sp³-hybridized carbons (Fsp3) is 0.800. The van der Waals surface area contributed by atoms with Gasteiger partial charge in [0.1, 0.15) is 0 Å². The van der Waals surface area contributed by atoms with Gasteiger partial charge in [-0.1, -0.05) is 32.9 Å². The summed E-state index contributed by atoms with van der Waals surface area (Å²) >= 11 is 0. The van der Waals surface area contributed by atoms with E-state index < -0.39 is 0 Å². The van der Waals surface area contributed by atoms with Gasteiger partial charge in [-0.2, -0.15) is 0 Å². The highest BCUT2D eigenvalue weighted by molar-refractivity contribution is 4.97. The molecule has 1 aliphatic carbocycles. The molecule has 0 aromatic rings. The average molecular weight is 138 g/mol. The van der Waals surface area contributed by atoms with E-state index in [2.05, 4.69) is 32.9 Å². The maximum atomic E-state index is 2.39. The van der Waals surface area contributed by atoms with E-state index >= 15 is 0 Å². The molecule has 1 rings (SSSR count). The van der Waals surface area contributed by atoms with Crippen LogP contribution in [-0.2, 0) is 0 Å². The lowest BCUT2D eigenvalue weighted by atomic mass is 9.76. The van der Waals surface area contributed by atoms with Gasteiger partial charge in [0.05, 0.1) is 0 Å². The average Bonchev–Trinajstić information content (AvgIpc) is 1.88. The first kappa shape index (κ1) is 7.84. The third-order valence-corrected chi connectivity index (χ3v) is 2.37. The van der Waals surface area contributed by atoms with Crippen molar-refractivity contribution in [2.24, 2.45) is 11.3 Å². The smallest absolute Gasteiger partial charge is 0.0185 e. The summed E-state index contributed by atoms with van der Waals surface area (Å²) in [5.74, 6) is 0.821. The molecule has 0 spiro atoms. The number of hydrogen-bond acceptors (Lipinski definition) is 0. The van der Waals surface area contributed by atoms with Gasteiger partial charge in [-0.05, 0) is 30.6 Å². The fourth-order valence-corrected chi connectivity index (χ4v) is 1.53. The minimum atomic E-state index is 0.483. The minimum absolute atomic E-state index is 0.483. The SMILES string of the molecule is CC(C)(C)C1C=CCCC1. The van der Waals surface area contributed by atoms with Crippen molar-refractivity contribution in [2.75, 3.05) is 0 Å². The monoisotopic (exact) mass is 138 g/mol. The largest absolute Gasteiger partial charge is 0.0882 e. The molecule has 0 radical (unpaired) electrons. The molecular weight excluding hydrogens is 120 g/mol. The summed E-state index contributed by atoms with van der Waals surface area (Å²) in [6.45, 7) is 6.98. The van der Waals surface area contributed by atoms with Crippen molar-refractivity contribution in [1.82, 2.24) is 0 Å². The van der Waals surface area contributed by atoms with Crippen molar-refractivity contribution in [3.63, 3.8) is 0 Å². The van der Waals surface area contributed by atoms with E-state index in [1.807, 2.05) is 0 Å². The molecule has 58 valence electrons. The second-order valence-corrected chi connectivity index (χ2v) is 4.33. The molecular formula is C10H18. The Bertz CT molecular complexity index is 125. The van der Waals surface area contributed by atoms with Crippen molar-refractivity contribution in [2.45, 2.75) is 40.0 Å². The lowest BCUT2D eigenvalue weighted by molar-refractivity contribution is 0.267. The molecule has 0 N–H and O–H groups in total. The third-order valence-electron chi connectivity index (χ3n) is 2.37. The zero-order valence-corrected chi connectivity index (χ0v) is 7.35. The second-order valence-electron chi connectivity index (χ2n) is 4.33. The summed E-state index contributed by atoms with van der Waals surface area (Å²) < 4.78 is 0. The van der Waals surface area contributed by atoms with E-state index in [0.717, 1.165) is 5.92 Å². The van der Waals surface area contributed by atoms with Crippen LogP contribution in [0.15, 0.2) is 12.2 Å². The summed E-state index contributed by atoms with van der Waals surface area (Å²) in [6, 6.07) is 0. The zero-order chi connectivity index (χ0) is 7.61. The quantitative estimate of drug-likeness (QED) is 0.450. The molecule has 0 aliphatic heterocycles. The molecule has 1 unspecified atom stereocenters. The maximum Gasteiger partial charge on any atom is -0.0185 e. The Labute approximate surface area is 64.3 Å². The van der Waals surface area contributed by atoms with Crippen molar-refractivity contribution in [1.29, 1.82) is 0 Å². The van der Waals surface area contributed by atoms with Crippen LogP contribution in [0.2, 0.25) is 0 Å². The van der Waals surface area contributed by atoms with Crippen molar-refractivity contribution in [3.8, 4) is 0 Å². The summed E-state index contributed by atoms with van der Waals surface area (Å²) in [6.07, 6.45) is 8.80. The maximum absolute atomic E-state index is 2.39. The molecule has 0 fully saturated rings. The van der Waals surface area contributed by atoms with Crippen LogP contribution in [0.3, 0.4) is 0 Å². The molecule has 0 bridgehead atoms. The van der Waals surface area contributed by atoms with Gasteiger partial charge in [-0.25, -0.2) is 0 Å². The number of hydrogen-bond donors (Lipinski definition) is 0. The molecule has 0 amide bonds. The first-order valence-electron chi connectivity index (χ1n) is 4.27. The molecule has 0 nitrogen and oxygen atoms in total. The number of allylic oxidation sites excluding steroid dienone is 2. The lowest BCUT2D eigenvalue weighted by Gasteiger charge is -2.30. The van der Waals surface area contributed by atoms with E-state index in [0.29, 0.717) is 5.41 Å². The van der Waals surface area contributed by atoms with Gasteiger partial charge < -0.3 is 0 Å². The Balaban J connectivity index is 2.55. The van der Waals surface area contributed by atoms with Gasteiger partial charge in [-0.15, -0.1) is 0 Å². The van der Waals surface area contributed by atoms with Gasteiger partial charge in [0.15, 0.2) is 0 Å². The molecule has 0 heteroatoms. The van der Waals surface area contributed by atoms with E-state index in [-0.39, 0.29) is 0 Å². The second kappa shape index (κ2) is 2.77. The van der Waals surface area contributed by atoms with Crippen molar-refractivity contribution >= 4 is 0 Å². The van der Waals surface area contributed by atoms with E-state index in [1.54, 1.807) is 0 Å². The summed E-state index contributed by atoms with van der Waals surface area (Å²) in [7, 11) is 0. The van der Waals surface area contributed by atoms with Crippen LogP contribution in [0, 0.1) is 11.3 Å². The summed E-state index contributed by atoms with van der Waals surface area (Å²) in [4.78, 5) is 0. The molecule has 0 saturated carbocycles. The van der Waals surface area contributed by atoms with Crippen LogP contribution in [-0.4, -0.2) is 0 Å². The molecule has 0 saturated heterocycles. The topological polar surface area (TPSA) is 0 Å². The van der Waals surface area contributed by atoms with Gasteiger partial charge in [0, 0.05) is 0 Å². The Morgan fingerprint density at radius 1 is 1.30 bits per heavy atom. The highest BCUT2D eigenvalue weighted by Crippen LogP contribution is 2.33. The normalized spacial score (nSPS) is 26.9. The van der Waals surface area contributed by atoms with Crippen molar-refractivity contribution in [3.05, 3.63) is 12.2 Å². The first-order chi connectivity index (χ1) is 4.61. The molecule has 0 aromatic carbocycles. The third kappa shape index (κ3) is 1.86. The van der Waals surface area contributed by atoms with E-state index in [9.17, 15) is 0 Å². The lowest BCUT2D eigenvalue weighted by Crippen LogP contribution is -2.19. The molecule has 1 aliphatic rings. The molecule has 1 atom stereocenters. The summed E-state index contributed by atoms with van der Waals surface area (Å²) in [5.41, 5.74) is 0.483. The van der Waals surface area contributed by atoms with Crippen LogP contribution in [0.5, 0.6) is 0 Å². The van der Waals surface area contributed by atoms with Crippen LogP contribution < -0.4 is 0 Å². The van der Waals surface area contributed by atoms with Gasteiger partial charge in [-0.3, -0.25) is 0 Å². The Kier molecular flexibility index (Phi) is 2.18. The number of rotatable bonds is 0. The highest BCUT2D eigenvalue weighted by atomic mass is 14.3. The Morgan fingerprint density at radius 3 is 2.30 bits per heavy atom. The predicted molar refractivity (Wildman–Crippen MR) is 45.9 cm³/mol. The van der Waals surface area contributed by atoms with E-state index in [4.69, 9.17) is 0 Å². The highest BCUT2D eigenvalue weighted by Gasteiger charge is 2.22. The molecule has 0 aromatic heterocycles. The van der Waals surface area contributed by atoms with Gasteiger partial charge >= 0.3 is 0 Å². The molecule has 0 heterocycles. The Hall–Kier alpha value is -0.260. The Morgan fingerprint density at radius 2 is 2.00 bits per heavy atom. The standard InChI is InChI=1S/C10H18/c1-10(2,3)9-7-5-4-6-8-9/h5,7,9H,4,6,8H2,1-3H3. The van der Waals surface area contributed by atoms with Crippen LogP contribution in [0.1, 0.15) is 40.0 Å². The summed E-state index contributed by atoms with van der Waals surface area (Å²) in [5, 5.41) is 0. The van der Waals surface area contributed by atoms with E-state index in [1.165, 1.54) is 19.3 Å². The minimum Gasteiger partial charge on any atom is -0.0882 e. The predicted octanol–water partition coefficient (Wildman–Crippen LogP) is 3.39. The van der Waals surface area contributed by atoms with Crippen LogP contribution >= 0.6 is 0 Å².